The van der Waals surface area contributed by atoms with Crippen molar-refractivity contribution in [2.75, 3.05) is 5.32 Å². The van der Waals surface area contributed by atoms with Crippen molar-refractivity contribution < 1.29 is 9.90 Å². The monoisotopic (exact) mass is 388 g/mol. The number of carbonyl (C=O) groups is 1. The molecule has 0 bridgehead atoms. The first-order valence-electron chi connectivity index (χ1n) is 8.11. The fourth-order valence-corrected chi connectivity index (χ4v) is 3.75. The first-order valence-corrected chi connectivity index (χ1v) is 8.87. The number of amides is 1. The highest BCUT2D eigenvalue weighted by atomic mass is 35.5. The van der Waals surface area contributed by atoms with Crippen molar-refractivity contribution >= 4 is 45.7 Å². The van der Waals surface area contributed by atoms with Crippen molar-refractivity contribution in [1.29, 1.82) is 0 Å². The third kappa shape index (κ3) is 2.55. The Morgan fingerprint density at radius 2 is 1.92 bits per heavy atom. The molecule has 0 fully saturated rings. The predicted molar refractivity (Wildman–Crippen MR) is 103 cm³/mol. The van der Waals surface area contributed by atoms with Crippen LogP contribution in [-0.2, 0) is 13.0 Å². The Bertz CT molecular complexity index is 1120. The Morgan fingerprint density at radius 1 is 1.15 bits per heavy atom. The molecule has 0 saturated carbocycles. The number of carbonyl (C=O) groups excluding carboxylic acids is 1. The van der Waals surface area contributed by atoms with Crippen LogP contribution >= 0.6 is 23.2 Å². The number of benzene rings is 2. The summed E-state index contributed by atoms with van der Waals surface area (Å²) in [5.74, 6) is -1.04. The molecule has 7 heteroatoms. The molecule has 4 rings (SSSR count). The molecule has 3 aromatic rings. The summed E-state index contributed by atoms with van der Waals surface area (Å²) >= 11 is 12.1. The molecule has 0 saturated heterocycles. The van der Waals surface area contributed by atoms with Crippen LogP contribution in [0.2, 0.25) is 10.0 Å². The van der Waals surface area contributed by atoms with Crippen LogP contribution in [0.3, 0.4) is 0 Å². The van der Waals surface area contributed by atoms with Gasteiger partial charge in [0.05, 0.1) is 21.2 Å². The van der Waals surface area contributed by atoms with Gasteiger partial charge in [0.2, 0.25) is 0 Å². The number of hydrogen-bond donors (Lipinski definition) is 2. The molecule has 132 valence electrons. The van der Waals surface area contributed by atoms with E-state index in [2.05, 4.69) is 5.32 Å². The molecule has 2 heterocycles. The molecule has 2 aromatic carbocycles. The fraction of sp³-hybridized carbons (Fsp3) is 0.158. The van der Waals surface area contributed by atoms with E-state index in [4.69, 9.17) is 23.2 Å². The van der Waals surface area contributed by atoms with E-state index in [1.165, 1.54) is 0 Å². The van der Waals surface area contributed by atoms with Gasteiger partial charge in [-0.25, -0.2) is 0 Å². The Labute approximate surface area is 158 Å². The normalized spacial score (nSPS) is 13.0. The maximum atomic E-state index is 12.9. The minimum Gasteiger partial charge on any atom is -0.506 e. The Hall–Kier alpha value is -2.50. The highest BCUT2D eigenvalue weighted by molar-refractivity contribution is 6.44. The second-order valence-corrected chi connectivity index (χ2v) is 6.94. The first kappa shape index (κ1) is 16.9. The molecule has 26 heavy (non-hydrogen) atoms. The predicted octanol–water partition coefficient (Wildman–Crippen LogP) is 4.21. The number of pyridine rings is 1. The van der Waals surface area contributed by atoms with E-state index in [-0.39, 0.29) is 27.0 Å². The topological polar surface area (TPSA) is 71.3 Å². The van der Waals surface area contributed by atoms with Crippen molar-refractivity contribution in [3.05, 3.63) is 67.9 Å². The first-order chi connectivity index (χ1) is 12.5. The summed E-state index contributed by atoms with van der Waals surface area (Å²) in [7, 11) is 0. The van der Waals surface area contributed by atoms with Gasteiger partial charge in [-0.1, -0.05) is 41.4 Å². The summed E-state index contributed by atoms with van der Waals surface area (Å²) in [6, 6.07) is 10.2. The van der Waals surface area contributed by atoms with Gasteiger partial charge >= 0.3 is 0 Å². The molecule has 0 radical (unpaired) electrons. The lowest BCUT2D eigenvalue weighted by molar-refractivity contribution is 0.102. The van der Waals surface area contributed by atoms with Crippen molar-refractivity contribution in [2.24, 2.45) is 0 Å². The lowest BCUT2D eigenvalue weighted by atomic mass is 9.99. The quantitative estimate of drug-likeness (QED) is 0.690. The number of anilines is 1. The third-order valence-electron chi connectivity index (χ3n) is 4.60. The van der Waals surface area contributed by atoms with Gasteiger partial charge in [0.15, 0.2) is 0 Å². The van der Waals surface area contributed by atoms with E-state index in [1.54, 1.807) is 28.8 Å². The van der Waals surface area contributed by atoms with Crippen LogP contribution < -0.4 is 10.9 Å². The van der Waals surface area contributed by atoms with Crippen LogP contribution in [0.15, 0.2) is 41.2 Å². The molecule has 1 aromatic heterocycles. The van der Waals surface area contributed by atoms with Crippen molar-refractivity contribution in [3.63, 3.8) is 0 Å². The van der Waals surface area contributed by atoms with Crippen LogP contribution in [0.5, 0.6) is 5.75 Å². The number of aromatic nitrogens is 1. The molecule has 0 aliphatic carbocycles. The molecule has 0 spiro atoms. The average Bonchev–Trinajstić information content (AvgIpc) is 2.63. The molecular formula is C19H14Cl2N2O3. The van der Waals surface area contributed by atoms with Crippen LogP contribution in [-0.4, -0.2) is 15.6 Å². The number of aryl methyl sites for hydroxylation is 2. The maximum absolute atomic E-state index is 12.9. The number of halogens is 2. The number of rotatable bonds is 2. The number of para-hydroxylation sites is 1. The smallest absolute Gasteiger partial charge is 0.267 e. The zero-order chi connectivity index (χ0) is 18.4. The lowest BCUT2D eigenvalue weighted by Gasteiger charge is -2.21. The summed E-state index contributed by atoms with van der Waals surface area (Å²) in [5.41, 5.74) is 1.14. The maximum Gasteiger partial charge on any atom is 0.267 e. The van der Waals surface area contributed by atoms with Crippen molar-refractivity contribution in [3.8, 4) is 5.75 Å². The van der Waals surface area contributed by atoms with Crippen LogP contribution in [0.25, 0.3) is 10.9 Å². The van der Waals surface area contributed by atoms with Gasteiger partial charge in [-0.2, -0.15) is 0 Å². The number of aromatic hydroxyl groups is 1. The van der Waals surface area contributed by atoms with Gasteiger partial charge in [0, 0.05) is 11.9 Å². The van der Waals surface area contributed by atoms with E-state index in [9.17, 15) is 14.7 Å². The molecule has 0 unspecified atom stereocenters. The zero-order valence-electron chi connectivity index (χ0n) is 13.6. The van der Waals surface area contributed by atoms with Gasteiger partial charge in [0.1, 0.15) is 11.3 Å². The second kappa shape index (κ2) is 6.34. The van der Waals surface area contributed by atoms with Crippen molar-refractivity contribution in [1.82, 2.24) is 4.57 Å². The number of nitrogens with zero attached hydrogens (tertiary/aromatic N) is 1. The Morgan fingerprint density at radius 3 is 2.73 bits per heavy atom. The highest BCUT2D eigenvalue weighted by Crippen LogP contribution is 2.33. The standard InChI is InChI=1S/C19H14Cl2N2O3/c20-12-7-2-8-13(15(12)21)22-18(25)14-17(24)11-6-1-4-10-5-3-9-23(16(10)11)19(14)26/h1-2,4,6-8,24H,3,5,9H2,(H,22,25). The van der Waals surface area contributed by atoms with Gasteiger partial charge in [-0.05, 0) is 36.6 Å². The fourth-order valence-electron chi connectivity index (χ4n) is 3.41. The summed E-state index contributed by atoms with van der Waals surface area (Å²) in [6.45, 7) is 0.505. The summed E-state index contributed by atoms with van der Waals surface area (Å²) < 4.78 is 1.56. The summed E-state index contributed by atoms with van der Waals surface area (Å²) in [6.07, 6.45) is 1.64. The van der Waals surface area contributed by atoms with E-state index in [1.807, 2.05) is 12.1 Å². The minimum absolute atomic E-state index is 0.173. The lowest BCUT2D eigenvalue weighted by Crippen LogP contribution is -2.31. The Balaban J connectivity index is 1.88. The van der Waals surface area contributed by atoms with E-state index < -0.39 is 11.5 Å². The molecule has 0 atom stereocenters. The summed E-state index contributed by atoms with van der Waals surface area (Å²) in [5, 5.41) is 14.2. The van der Waals surface area contributed by atoms with E-state index in [0.717, 1.165) is 18.4 Å². The minimum atomic E-state index is -0.724. The molecule has 5 nitrogen and oxygen atoms in total. The Kier molecular flexibility index (Phi) is 4.13. The van der Waals surface area contributed by atoms with Crippen LogP contribution in [0.4, 0.5) is 5.69 Å². The zero-order valence-corrected chi connectivity index (χ0v) is 15.1. The second-order valence-electron chi connectivity index (χ2n) is 6.15. The van der Waals surface area contributed by atoms with Gasteiger partial charge in [-0.3, -0.25) is 9.59 Å². The van der Waals surface area contributed by atoms with Crippen molar-refractivity contribution in [2.45, 2.75) is 19.4 Å². The molecular weight excluding hydrogens is 375 g/mol. The van der Waals surface area contributed by atoms with Gasteiger partial charge < -0.3 is 15.0 Å². The molecule has 1 aliphatic heterocycles. The van der Waals surface area contributed by atoms with Crippen LogP contribution in [0, 0.1) is 0 Å². The molecule has 2 N–H and O–H groups in total. The van der Waals surface area contributed by atoms with Crippen LogP contribution in [0.1, 0.15) is 22.3 Å². The largest absolute Gasteiger partial charge is 0.506 e. The number of nitrogens with one attached hydrogen (secondary N) is 1. The van der Waals surface area contributed by atoms with E-state index >= 15 is 0 Å². The SMILES string of the molecule is O=C(Nc1cccc(Cl)c1Cl)c1c(O)c2cccc3c2n(c1=O)CCC3. The molecule has 1 aliphatic rings. The van der Waals surface area contributed by atoms with Gasteiger partial charge in [0.25, 0.3) is 11.5 Å². The average molecular weight is 389 g/mol. The number of hydrogen-bond acceptors (Lipinski definition) is 3. The highest BCUT2D eigenvalue weighted by Gasteiger charge is 2.25. The molecule has 1 amide bonds. The summed E-state index contributed by atoms with van der Waals surface area (Å²) in [4.78, 5) is 25.6. The third-order valence-corrected chi connectivity index (χ3v) is 5.41. The van der Waals surface area contributed by atoms with E-state index in [0.29, 0.717) is 17.4 Å². The van der Waals surface area contributed by atoms with Gasteiger partial charge in [-0.15, -0.1) is 0 Å².